The molecule has 0 aromatic heterocycles. The first kappa shape index (κ1) is 21.6. The van der Waals surface area contributed by atoms with Crippen molar-refractivity contribution in [3.05, 3.63) is 102 Å². The summed E-state index contributed by atoms with van der Waals surface area (Å²) in [6.45, 7) is 3.11. The van der Waals surface area contributed by atoms with Crippen molar-refractivity contribution in [2.75, 3.05) is 7.11 Å². The van der Waals surface area contributed by atoms with E-state index in [0.717, 1.165) is 16.0 Å². The fourth-order valence-electron chi connectivity index (χ4n) is 2.98. The zero-order valence-electron chi connectivity index (χ0n) is 16.9. The maximum absolute atomic E-state index is 6.33. The van der Waals surface area contributed by atoms with Crippen LogP contribution in [0.15, 0.2) is 95.9 Å². The molecule has 0 saturated heterocycles. The number of rotatable bonds is 11. The predicted octanol–water partition coefficient (Wildman–Crippen LogP) is 5.94. The van der Waals surface area contributed by atoms with E-state index >= 15 is 0 Å². The van der Waals surface area contributed by atoms with Crippen molar-refractivity contribution in [2.45, 2.75) is 42.7 Å². The number of ether oxygens (including phenoxy) is 3. The summed E-state index contributed by atoms with van der Waals surface area (Å²) in [5.74, 6) is 0. The number of hydrogen-bond acceptors (Lipinski definition) is 4. The molecular formula is C25H28O3S. The summed E-state index contributed by atoms with van der Waals surface area (Å²) in [6, 6.07) is 30.6. The molecule has 0 N–H and O–H groups in total. The van der Waals surface area contributed by atoms with Crippen molar-refractivity contribution in [3.8, 4) is 0 Å². The van der Waals surface area contributed by atoms with Crippen molar-refractivity contribution in [1.82, 2.24) is 0 Å². The molecule has 0 aliphatic carbocycles. The Morgan fingerprint density at radius 3 is 1.69 bits per heavy atom. The monoisotopic (exact) mass is 408 g/mol. The highest BCUT2D eigenvalue weighted by molar-refractivity contribution is 7.99. The van der Waals surface area contributed by atoms with Crippen molar-refractivity contribution in [1.29, 1.82) is 0 Å². The number of methoxy groups -OCH3 is 1. The van der Waals surface area contributed by atoms with Gasteiger partial charge in [0.25, 0.3) is 0 Å². The van der Waals surface area contributed by atoms with Crippen LogP contribution in [0.2, 0.25) is 0 Å². The third-order valence-electron chi connectivity index (χ3n) is 4.60. The number of thioether (sulfide) groups is 1. The van der Waals surface area contributed by atoms with Gasteiger partial charge in [0.15, 0.2) is 0 Å². The molecule has 0 heterocycles. The minimum atomic E-state index is -0.228. The van der Waals surface area contributed by atoms with Crippen LogP contribution in [0.25, 0.3) is 0 Å². The maximum Gasteiger partial charge on any atom is 0.135 e. The lowest BCUT2D eigenvalue weighted by Gasteiger charge is -2.30. The molecule has 0 spiro atoms. The molecule has 3 aromatic rings. The van der Waals surface area contributed by atoms with Crippen molar-refractivity contribution < 1.29 is 14.2 Å². The van der Waals surface area contributed by atoms with E-state index in [1.54, 1.807) is 18.9 Å². The third kappa shape index (κ3) is 7.02. The Morgan fingerprint density at radius 2 is 1.17 bits per heavy atom. The van der Waals surface area contributed by atoms with Gasteiger partial charge < -0.3 is 14.2 Å². The predicted molar refractivity (Wildman–Crippen MR) is 119 cm³/mol. The Kier molecular flexibility index (Phi) is 8.78. The number of benzene rings is 3. The van der Waals surface area contributed by atoms with Gasteiger partial charge in [0, 0.05) is 12.0 Å². The van der Waals surface area contributed by atoms with E-state index in [1.165, 1.54) is 0 Å². The molecule has 0 fully saturated rings. The lowest BCUT2D eigenvalue weighted by atomic mass is 10.2. The molecule has 0 saturated carbocycles. The average molecular weight is 409 g/mol. The topological polar surface area (TPSA) is 27.7 Å². The van der Waals surface area contributed by atoms with Gasteiger partial charge in [0.1, 0.15) is 11.5 Å². The Morgan fingerprint density at radius 1 is 0.690 bits per heavy atom. The molecule has 0 unspecified atom stereocenters. The van der Waals surface area contributed by atoms with Gasteiger partial charge in [0.2, 0.25) is 0 Å². The standard InChI is InChI=1S/C25H28O3S/c1-20(27-18-21-12-6-3-7-13-21)24(28-19-22-14-8-4-9-15-22)25(26-2)29-23-16-10-5-11-17-23/h3-17,20,24-25H,18-19H2,1-2H3/t20-,24-,25+/m0/s1. The van der Waals surface area contributed by atoms with E-state index in [1.807, 2.05) is 54.6 Å². The van der Waals surface area contributed by atoms with E-state index in [2.05, 4.69) is 43.3 Å². The second-order valence-electron chi connectivity index (χ2n) is 6.80. The summed E-state index contributed by atoms with van der Waals surface area (Å²) in [5, 5.41) is 0. The van der Waals surface area contributed by atoms with Crippen molar-refractivity contribution >= 4 is 11.8 Å². The fraction of sp³-hybridized carbons (Fsp3) is 0.280. The minimum absolute atomic E-state index is 0.139. The van der Waals surface area contributed by atoms with Gasteiger partial charge >= 0.3 is 0 Å². The van der Waals surface area contributed by atoms with Crippen LogP contribution in [-0.4, -0.2) is 24.8 Å². The van der Waals surface area contributed by atoms with Gasteiger partial charge in [-0.1, -0.05) is 90.6 Å². The lowest BCUT2D eigenvalue weighted by Crippen LogP contribution is -2.39. The van der Waals surface area contributed by atoms with Crippen LogP contribution < -0.4 is 0 Å². The maximum atomic E-state index is 6.33. The van der Waals surface area contributed by atoms with E-state index in [-0.39, 0.29) is 17.6 Å². The zero-order valence-corrected chi connectivity index (χ0v) is 17.8. The van der Waals surface area contributed by atoms with E-state index < -0.39 is 0 Å². The zero-order chi connectivity index (χ0) is 20.3. The van der Waals surface area contributed by atoms with Crippen LogP contribution in [0, 0.1) is 0 Å². The Balaban J connectivity index is 1.69. The second-order valence-corrected chi connectivity index (χ2v) is 7.97. The molecular weight excluding hydrogens is 380 g/mol. The van der Waals surface area contributed by atoms with Crippen LogP contribution >= 0.6 is 11.8 Å². The molecule has 0 amide bonds. The smallest absolute Gasteiger partial charge is 0.135 e. The van der Waals surface area contributed by atoms with Crippen LogP contribution in [-0.2, 0) is 27.4 Å². The summed E-state index contributed by atoms with van der Waals surface area (Å²) in [7, 11) is 1.73. The molecule has 0 aliphatic heterocycles. The average Bonchev–Trinajstić information content (AvgIpc) is 2.79. The second kappa shape index (κ2) is 11.8. The molecule has 0 radical (unpaired) electrons. The molecule has 3 rings (SSSR count). The molecule has 3 aromatic carbocycles. The summed E-state index contributed by atoms with van der Waals surface area (Å²) in [6.07, 6.45) is -0.366. The summed E-state index contributed by atoms with van der Waals surface area (Å²) >= 11 is 1.65. The van der Waals surface area contributed by atoms with E-state index in [4.69, 9.17) is 14.2 Å². The normalized spacial score (nSPS) is 14.3. The summed E-state index contributed by atoms with van der Waals surface area (Å²) in [5.41, 5.74) is 2.09. The largest absolute Gasteiger partial charge is 0.371 e. The molecule has 4 heteroatoms. The Bertz CT molecular complexity index is 811. The van der Waals surface area contributed by atoms with Gasteiger partial charge in [-0.05, 0) is 30.2 Å². The molecule has 3 atom stereocenters. The Hall–Kier alpha value is -2.11. The molecule has 152 valence electrons. The molecule has 29 heavy (non-hydrogen) atoms. The van der Waals surface area contributed by atoms with Crippen LogP contribution in [0.1, 0.15) is 18.1 Å². The van der Waals surface area contributed by atoms with Gasteiger partial charge in [-0.3, -0.25) is 0 Å². The minimum Gasteiger partial charge on any atom is -0.371 e. The van der Waals surface area contributed by atoms with Crippen molar-refractivity contribution in [2.24, 2.45) is 0 Å². The first-order valence-corrected chi connectivity index (χ1v) is 10.7. The van der Waals surface area contributed by atoms with Crippen molar-refractivity contribution in [3.63, 3.8) is 0 Å². The van der Waals surface area contributed by atoms with Crippen LogP contribution in [0.4, 0.5) is 0 Å². The lowest BCUT2D eigenvalue weighted by molar-refractivity contribution is -0.111. The molecule has 0 aliphatic rings. The van der Waals surface area contributed by atoms with Gasteiger partial charge in [-0.25, -0.2) is 0 Å². The number of hydrogen-bond donors (Lipinski definition) is 0. The quantitative estimate of drug-likeness (QED) is 0.290. The molecule has 3 nitrogen and oxygen atoms in total. The summed E-state index contributed by atoms with van der Waals surface area (Å²) in [4.78, 5) is 1.14. The van der Waals surface area contributed by atoms with Crippen LogP contribution in [0.5, 0.6) is 0 Å². The van der Waals surface area contributed by atoms with Gasteiger partial charge in [-0.15, -0.1) is 0 Å². The highest BCUT2D eigenvalue weighted by Gasteiger charge is 2.30. The van der Waals surface area contributed by atoms with Crippen LogP contribution in [0.3, 0.4) is 0 Å². The summed E-state index contributed by atoms with van der Waals surface area (Å²) < 4.78 is 18.3. The highest BCUT2D eigenvalue weighted by Crippen LogP contribution is 2.30. The fourth-order valence-corrected chi connectivity index (χ4v) is 4.09. The van der Waals surface area contributed by atoms with E-state index in [0.29, 0.717) is 13.2 Å². The Labute approximate surface area is 178 Å². The SMILES string of the molecule is CO[C@H](Sc1ccccc1)[C@@H](OCc1ccccc1)[C@H](C)OCc1ccccc1. The van der Waals surface area contributed by atoms with E-state index in [9.17, 15) is 0 Å². The van der Waals surface area contributed by atoms with Gasteiger partial charge in [0.05, 0.1) is 19.3 Å². The van der Waals surface area contributed by atoms with Gasteiger partial charge in [-0.2, -0.15) is 0 Å². The molecule has 0 bridgehead atoms. The highest BCUT2D eigenvalue weighted by atomic mass is 32.2. The third-order valence-corrected chi connectivity index (χ3v) is 5.84. The first-order valence-electron chi connectivity index (χ1n) is 9.82. The first-order chi connectivity index (χ1) is 14.3.